The molecule has 4 aromatic rings. The van der Waals surface area contributed by atoms with Crippen LogP contribution >= 0.6 is 11.3 Å². The van der Waals surface area contributed by atoms with Crippen molar-refractivity contribution < 1.29 is 4.79 Å². The van der Waals surface area contributed by atoms with Crippen LogP contribution in [0.15, 0.2) is 59.4 Å². The number of carbonyl (C=O) groups excluding carboxylic acids is 1. The summed E-state index contributed by atoms with van der Waals surface area (Å²) in [5.74, 6) is -0.351. The van der Waals surface area contributed by atoms with Crippen molar-refractivity contribution in [1.29, 1.82) is 0 Å². The van der Waals surface area contributed by atoms with Gasteiger partial charge in [-0.25, -0.2) is 9.67 Å². The van der Waals surface area contributed by atoms with Crippen LogP contribution in [0.4, 0.5) is 5.13 Å². The van der Waals surface area contributed by atoms with Crippen LogP contribution < -0.4 is 10.9 Å². The van der Waals surface area contributed by atoms with Crippen molar-refractivity contribution in [2.45, 2.75) is 25.8 Å². The monoisotopic (exact) mass is 402 g/mol. The van der Waals surface area contributed by atoms with Crippen molar-refractivity contribution >= 4 is 33.1 Å². The molecule has 5 rings (SSSR count). The van der Waals surface area contributed by atoms with Crippen molar-refractivity contribution in [3.63, 3.8) is 0 Å². The molecule has 0 bridgehead atoms. The van der Waals surface area contributed by atoms with E-state index in [9.17, 15) is 9.59 Å². The van der Waals surface area contributed by atoms with Crippen LogP contribution in [0.1, 0.15) is 33.0 Å². The number of nitrogens with one attached hydrogen (secondary N) is 1. The number of aromatic nitrogens is 3. The van der Waals surface area contributed by atoms with Crippen LogP contribution in [0.5, 0.6) is 0 Å². The summed E-state index contributed by atoms with van der Waals surface area (Å²) in [6.45, 7) is 0.302. The van der Waals surface area contributed by atoms with Crippen molar-refractivity contribution in [2.24, 2.45) is 0 Å². The number of hydrogen-bond donors (Lipinski definition) is 1. The van der Waals surface area contributed by atoms with E-state index >= 15 is 0 Å². The fraction of sp³-hybridized carbons (Fsp3) is 0.182. The lowest BCUT2D eigenvalue weighted by molar-refractivity contribution is 0.102. The lowest BCUT2D eigenvalue weighted by Crippen LogP contribution is -2.28. The second kappa shape index (κ2) is 7.25. The number of nitrogens with zero attached hydrogens (tertiary/aromatic N) is 3. The minimum atomic E-state index is -0.351. The summed E-state index contributed by atoms with van der Waals surface area (Å²) in [5.41, 5.74) is 2.04. The number of aryl methyl sites for hydroxylation is 2. The average Bonchev–Trinajstić information content (AvgIpc) is 3.32. The minimum Gasteiger partial charge on any atom is -0.296 e. The molecular weight excluding hydrogens is 384 g/mol. The molecule has 0 saturated carbocycles. The maximum atomic E-state index is 13.0. The molecule has 29 heavy (non-hydrogen) atoms. The molecular formula is C22H18N4O2S. The Labute approximate surface area is 170 Å². The van der Waals surface area contributed by atoms with Crippen LogP contribution in [0.25, 0.3) is 10.8 Å². The second-order valence-corrected chi connectivity index (χ2v) is 8.12. The van der Waals surface area contributed by atoms with E-state index in [0.29, 0.717) is 22.4 Å². The summed E-state index contributed by atoms with van der Waals surface area (Å²) in [5, 5.41) is 8.92. The molecule has 1 aliphatic carbocycles. The van der Waals surface area contributed by atoms with Gasteiger partial charge in [-0.05, 0) is 30.9 Å². The Balaban J connectivity index is 1.55. The highest BCUT2D eigenvalue weighted by Crippen LogP contribution is 2.30. The van der Waals surface area contributed by atoms with Gasteiger partial charge in [0.05, 0.1) is 17.6 Å². The van der Waals surface area contributed by atoms with Gasteiger partial charge in [0.2, 0.25) is 0 Å². The van der Waals surface area contributed by atoms with Crippen LogP contribution in [0, 0.1) is 0 Å². The summed E-state index contributed by atoms with van der Waals surface area (Å²) >= 11 is 1.52. The Morgan fingerprint density at radius 2 is 1.79 bits per heavy atom. The van der Waals surface area contributed by atoms with Crippen molar-refractivity contribution in [2.75, 3.05) is 5.32 Å². The maximum Gasteiger partial charge on any atom is 0.278 e. The van der Waals surface area contributed by atoms with Gasteiger partial charge in [0, 0.05) is 10.3 Å². The quantitative estimate of drug-likeness (QED) is 0.565. The van der Waals surface area contributed by atoms with E-state index in [1.165, 1.54) is 20.9 Å². The average molecular weight is 402 g/mol. The topological polar surface area (TPSA) is 76.9 Å². The highest BCUT2D eigenvalue weighted by molar-refractivity contribution is 7.16. The van der Waals surface area contributed by atoms with Gasteiger partial charge in [0.15, 0.2) is 10.8 Å². The normalized spacial score (nSPS) is 12.8. The molecule has 1 aliphatic rings. The van der Waals surface area contributed by atoms with Crippen molar-refractivity contribution in [3.8, 4) is 0 Å². The number of anilines is 1. The van der Waals surface area contributed by atoms with Gasteiger partial charge in [-0.3, -0.25) is 14.9 Å². The molecule has 7 heteroatoms. The van der Waals surface area contributed by atoms with Crippen molar-refractivity contribution in [3.05, 3.63) is 86.8 Å². The third kappa shape index (κ3) is 3.34. The summed E-state index contributed by atoms with van der Waals surface area (Å²) in [7, 11) is 0. The number of fused-ring (bicyclic) bond motifs is 2. The molecule has 0 radical (unpaired) electrons. The Hall–Kier alpha value is -3.32. The van der Waals surface area contributed by atoms with E-state index < -0.39 is 0 Å². The first-order chi connectivity index (χ1) is 14.2. The molecule has 1 N–H and O–H groups in total. The third-order valence-corrected chi connectivity index (χ3v) is 6.15. The molecule has 6 nitrogen and oxygen atoms in total. The summed E-state index contributed by atoms with van der Waals surface area (Å²) in [6, 6.07) is 16.7. The molecule has 0 aliphatic heterocycles. The van der Waals surface area contributed by atoms with E-state index in [-0.39, 0.29) is 17.2 Å². The van der Waals surface area contributed by atoms with Crippen LogP contribution in [-0.4, -0.2) is 20.7 Å². The van der Waals surface area contributed by atoms with Gasteiger partial charge in [-0.15, -0.1) is 11.3 Å². The predicted octanol–water partition coefficient (Wildman–Crippen LogP) is 3.64. The van der Waals surface area contributed by atoms with E-state index in [1.54, 1.807) is 24.3 Å². The molecule has 144 valence electrons. The molecule has 0 saturated heterocycles. The zero-order valence-electron chi connectivity index (χ0n) is 15.6. The van der Waals surface area contributed by atoms with Gasteiger partial charge in [0.25, 0.3) is 11.5 Å². The van der Waals surface area contributed by atoms with Crippen molar-refractivity contribution in [1.82, 2.24) is 14.8 Å². The Morgan fingerprint density at radius 3 is 2.59 bits per heavy atom. The first-order valence-corrected chi connectivity index (χ1v) is 10.3. The number of carbonyl (C=O) groups is 1. The molecule has 0 fully saturated rings. The number of hydrogen-bond acceptors (Lipinski definition) is 5. The lowest BCUT2D eigenvalue weighted by Gasteiger charge is -2.11. The minimum absolute atomic E-state index is 0.214. The zero-order valence-corrected chi connectivity index (χ0v) is 16.4. The fourth-order valence-electron chi connectivity index (χ4n) is 3.67. The predicted molar refractivity (Wildman–Crippen MR) is 114 cm³/mol. The zero-order chi connectivity index (χ0) is 19.8. The SMILES string of the molecule is O=C(Nc1nc2c(s1)CCC2)c1nn(Cc2ccccc2)c(=O)c2ccccc12. The Kier molecular flexibility index (Phi) is 4.44. The number of rotatable bonds is 4. The fourth-order valence-corrected chi connectivity index (χ4v) is 4.71. The maximum absolute atomic E-state index is 13.0. The smallest absolute Gasteiger partial charge is 0.278 e. The molecule has 1 amide bonds. The van der Waals surface area contributed by atoms with E-state index in [1.807, 2.05) is 30.3 Å². The molecule has 0 atom stereocenters. The van der Waals surface area contributed by atoms with Gasteiger partial charge < -0.3 is 0 Å². The van der Waals surface area contributed by atoms with E-state index in [2.05, 4.69) is 15.4 Å². The van der Waals surface area contributed by atoms with Crippen LogP contribution in [0.3, 0.4) is 0 Å². The first-order valence-electron chi connectivity index (χ1n) is 9.53. The molecule has 2 aromatic heterocycles. The van der Waals surface area contributed by atoms with E-state index in [4.69, 9.17) is 0 Å². The Bertz CT molecular complexity index is 1260. The molecule has 0 spiro atoms. The van der Waals surface area contributed by atoms with Crippen LogP contribution in [0.2, 0.25) is 0 Å². The summed E-state index contributed by atoms with van der Waals surface area (Å²) < 4.78 is 1.36. The summed E-state index contributed by atoms with van der Waals surface area (Å²) in [6.07, 6.45) is 3.11. The highest BCUT2D eigenvalue weighted by Gasteiger charge is 2.21. The Morgan fingerprint density at radius 1 is 1.03 bits per heavy atom. The largest absolute Gasteiger partial charge is 0.296 e. The third-order valence-electron chi connectivity index (χ3n) is 5.07. The summed E-state index contributed by atoms with van der Waals surface area (Å²) in [4.78, 5) is 31.7. The molecule has 2 aromatic carbocycles. The standard InChI is InChI=1S/C22H18N4O2S/c27-20(24-22-23-17-11-6-12-18(17)29-22)19-15-9-4-5-10-16(15)21(28)26(25-19)13-14-7-2-1-3-8-14/h1-5,7-10H,6,11-13H2,(H,23,24,27). The van der Waals surface area contributed by atoms with Crippen LogP contribution in [-0.2, 0) is 19.4 Å². The van der Waals surface area contributed by atoms with Gasteiger partial charge >= 0.3 is 0 Å². The second-order valence-electron chi connectivity index (χ2n) is 7.04. The number of benzene rings is 2. The van der Waals surface area contributed by atoms with Gasteiger partial charge in [-0.1, -0.05) is 48.5 Å². The molecule has 0 unspecified atom stereocenters. The van der Waals surface area contributed by atoms with Gasteiger partial charge in [-0.2, -0.15) is 5.10 Å². The van der Waals surface area contributed by atoms with E-state index in [0.717, 1.165) is 30.5 Å². The lowest BCUT2D eigenvalue weighted by atomic mass is 10.1. The highest BCUT2D eigenvalue weighted by atomic mass is 32.1. The first kappa shape index (κ1) is 17.8. The number of thiazole rings is 1. The molecule has 2 heterocycles. The number of amides is 1. The van der Waals surface area contributed by atoms with Gasteiger partial charge in [0.1, 0.15) is 0 Å².